The quantitative estimate of drug-likeness (QED) is 0.492. The lowest BCUT2D eigenvalue weighted by Crippen LogP contribution is -2.42. The number of rotatable bonds is 4. The number of non-ortho nitro benzene ring substituents is 1. The molecule has 2 atom stereocenters. The highest BCUT2D eigenvalue weighted by molar-refractivity contribution is 5.89. The first kappa shape index (κ1) is 19.6. The van der Waals surface area contributed by atoms with Crippen LogP contribution in [0.3, 0.4) is 0 Å². The van der Waals surface area contributed by atoms with Crippen molar-refractivity contribution in [2.24, 2.45) is 0 Å². The summed E-state index contributed by atoms with van der Waals surface area (Å²) < 4.78 is 10.5. The minimum Gasteiger partial charge on any atom is -0.460 e. The molecule has 1 aromatic rings. The first-order chi connectivity index (χ1) is 12.1. The van der Waals surface area contributed by atoms with Crippen LogP contribution in [0.15, 0.2) is 24.3 Å². The molecule has 0 bridgehead atoms. The zero-order valence-corrected chi connectivity index (χ0v) is 14.9. The van der Waals surface area contributed by atoms with Crippen molar-refractivity contribution in [3.8, 4) is 0 Å². The molecule has 1 N–H and O–H groups in total. The maximum absolute atomic E-state index is 12.2. The molecule has 1 amide bonds. The van der Waals surface area contributed by atoms with Crippen molar-refractivity contribution < 1.29 is 29.1 Å². The Labute approximate surface area is 150 Å². The molecule has 26 heavy (non-hydrogen) atoms. The second-order valence-corrected chi connectivity index (χ2v) is 7.08. The molecule has 1 saturated heterocycles. The zero-order chi connectivity index (χ0) is 19.5. The van der Waals surface area contributed by atoms with Crippen LogP contribution in [0.4, 0.5) is 10.5 Å². The number of amides is 1. The van der Waals surface area contributed by atoms with Gasteiger partial charge in [-0.15, -0.1) is 0 Å². The molecule has 0 saturated carbocycles. The number of nitrogens with zero attached hydrogens (tertiary/aromatic N) is 2. The number of nitro benzene ring substituents is 1. The van der Waals surface area contributed by atoms with Crippen LogP contribution in [0, 0.1) is 10.1 Å². The van der Waals surface area contributed by atoms with Gasteiger partial charge in [0, 0.05) is 12.1 Å². The molecule has 0 aromatic heterocycles. The van der Waals surface area contributed by atoms with Crippen molar-refractivity contribution in [1.82, 2.24) is 4.90 Å². The number of carbonyl (C=O) groups excluding carboxylic acids is 2. The number of aliphatic hydroxyl groups excluding tert-OH is 1. The monoisotopic (exact) mass is 366 g/mol. The van der Waals surface area contributed by atoms with Crippen LogP contribution in [-0.2, 0) is 9.47 Å². The Morgan fingerprint density at radius 2 is 1.92 bits per heavy atom. The van der Waals surface area contributed by atoms with Crippen LogP contribution >= 0.6 is 0 Å². The van der Waals surface area contributed by atoms with Crippen molar-refractivity contribution in [2.45, 2.75) is 44.9 Å². The van der Waals surface area contributed by atoms with Crippen molar-refractivity contribution in [1.29, 1.82) is 0 Å². The molecule has 9 heteroatoms. The van der Waals surface area contributed by atoms with E-state index in [1.54, 1.807) is 20.8 Å². The summed E-state index contributed by atoms with van der Waals surface area (Å²) in [7, 11) is 0. The van der Waals surface area contributed by atoms with Crippen LogP contribution in [0.25, 0.3) is 0 Å². The van der Waals surface area contributed by atoms with E-state index in [2.05, 4.69) is 0 Å². The molecular weight excluding hydrogens is 344 g/mol. The lowest BCUT2D eigenvalue weighted by molar-refractivity contribution is -0.384. The van der Waals surface area contributed by atoms with Crippen molar-refractivity contribution >= 4 is 17.7 Å². The highest BCUT2D eigenvalue weighted by atomic mass is 16.6. The fraction of sp³-hybridized carbons (Fsp3) is 0.529. The maximum atomic E-state index is 12.2. The van der Waals surface area contributed by atoms with Crippen molar-refractivity contribution in [3.05, 3.63) is 39.9 Å². The van der Waals surface area contributed by atoms with E-state index in [1.165, 1.54) is 29.2 Å². The van der Waals surface area contributed by atoms with Gasteiger partial charge in [-0.3, -0.25) is 15.0 Å². The Morgan fingerprint density at radius 1 is 1.31 bits per heavy atom. The fourth-order valence-electron chi connectivity index (χ4n) is 2.57. The molecule has 9 nitrogen and oxygen atoms in total. The molecule has 1 aliphatic rings. The summed E-state index contributed by atoms with van der Waals surface area (Å²) in [6.45, 7) is 5.21. The van der Waals surface area contributed by atoms with Gasteiger partial charge in [-0.05, 0) is 39.3 Å². The van der Waals surface area contributed by atoms with Gasteiger partial charge < -0.3 is 14.6 Å². The molecule has 0 radical (unpaired) electrons. The fourth-order valence-corrected chi connectivity index (χ4v) is 2.57. The van der Waals surface area contributed by atoms with E-state index in [4.69, 9.17) is 9.47 Å². The number of carbonyl (C=O) groups is 2. The average molecular weight is 366 g/mol. The third kappa shape index (κ3) is 5.16. The Bertz CT molecular complexity index is 681. The van der Waals surface area contributed by atoms with Crippen LogP contribution in [-0.4, -0.2) is 57.9 Å². The van der Waals surface area contributed by atoms with Crippen LogP contribution in [0.5, 0.6) is 0 Å². The topological polar surface area (TPSA) is 119 Å². The Morgan fingerprint density at radius 3 is 2.46 bits per heavy atom. The molecule has 1 fully saturated rings. The van der Waals surface area contributed by atoms with Gasteiger partial charge >= 0.3 is 12.1 Å². The highest BCUT2D eigenvalue weighted by Crippen LogP contribution is 2.22. The number of β-amino-alcohol motifs (C(OH)–C–C–N with tert-alkyl or cyclic N) is 1. The number of aliphatic hydroxyl groups is 1. The number of benzene rings is 1. The number of nitro groups is 1. The number of hydrogen-bond donors (Lipinski definition) is 1. The molecule has 0 unspecified atom stereocenters. The molecular formula is C17H22N2O7. The Hall–Kier alpha value is -2.68. The van der Waals surface area contributed by atoms with Gasteiger partial charge in [0.15, 0.2) is 0 Å². The molecule has 1 aromatic carbocycles. The Kier molecular flexibility index (Phi) is 5.81. The second kappa shape index (κ2) is 7.69. The normalized spacial score (nSPS) is 19.9. The van der Waals surface area contributed by atoms with E-state index in [-0.39, 0.29) is 30.8 Å². The van der Waals surface area contributed by atoms with Crippen molar-refractivity contribution in [2.75, 3.05) is 13.2 Å². The van der Waals surface area contributed by atoms with E-state index in [0.717, 1.165) is 0 Å². The summed E-state index contributed by atoms with van der Waals surface area (Å²) in [4.78, 5) is 35.7. The summed E-state index contributed by atoms with van der Waals surface area (Å²) in [5.74, 6) is -0.662. The highest BCUT2D eigenvalue weighted by Gasteiger charge is 2.37. The molecule has 142 valence electrons. The summed E-state index contributed by atoms with van der Waals surface area (Å²) in [5, 5.41) is 20.5. The van der Waals surface area contributed by atoms with Gasteiger partial charge in [0.1, 0.15) is 12.2 Å². The van der Waals surface area contributed by atoms with Crippen molar-refractivity contribution in [3.63, 3.8) is 0 Å². The number of esters is 1. The zero-order valence-electron chi connectivity index (χ0n) is 14.9. The molecule has 2 rings (SSSR count). The summed E-state index contributed by atoms with van der Waals surface area (Å²) >= 11 is 0. The maximum Gasteiger partial charge on any atom is 0.410 e. The predicted molar refractivity (Wildman–Crippen MR) is 90.7 cm³/mol. The van der Waals surface area contributed by atoms with E-state index >= 15 is 0 Å². The summed E-state index contributed by atoms with van der Waals surface area (Å²) in [6.07, 6.45) is -1.02. The first-order valence-electron chi connectivity index (χ1n) is 8.16. The van der Waals surface area contributed by atoms with Gasteiger partial charge in [-0.2, -0.15) is 0 Å². The number of hydrogen-bond acceptors (Lipinski definition) is 7. The summed E-state index contributed by atoms with van der Waals surface area (Å²) in [6, 6.07) is 4.53. The lowest BCUT2D eigenvalue weighted by Gasteiger charge is -2.28. The van der Waals surface area contributed by atoms with E-state index in [9.17, 15) is 24.8 Å². The van der Waals surface area contributed by atoms with Crippen LogP contribution < -0.4 is 0 Å². The van der Waals surface area contributed by atoms with Crippen LogP contribution in [0.2, 0.25) is 0 Å². The predicted octanol–water partition coefficient (Wildman–Crippen LogP) is 2.12. The van der Waals surface area contributed by atoms with Gasteiger partial charge in [-0.1, -0.05) is 0 Å². The SMILES string of the molecule is CC(C)(C)OC(=O)N1C[C@@H](O)C[C@H]1COC(=O)c1ccc([N+](=O)[O-])cc1. The average Bonchev–Trinajstić information content (AvgIpc) is 2.92. The van der Waals surface area contributed by atoms with E-state index < -0.39 is 34.7 Å². The minimum atomic E-state index is -0.717. The lowest BCUT2D eigenvalue weighted by atomic mass is 10.2. The van der Waals surface area contributed by atoms with E-state index in [1.807, 2.05) is 0 Å². The third-order valence-electron chi connectivity index (χ3n) is 3.74. The molecule has 1 heterocycles. The van der Waals surface area contributed by atoms with Gasteiger partial charge in [0.25, 0.3) is 5.69 Å². The van der Waals surface area contributed by atoms with Gasteiger partial charge in [0.2, 0.25) is 0 Å². The van der Waals surface area contributed by atoms with E-state index in [0.29, 0.717) is 0 Å². The number of likely N-dealkylation sites (tertiary alicyclic amines) is 1. The molecule has 0 spiro atoms. The molecule has 1 aliphatic heterocycles. The standard InChI is InChI=1S/C17H22N2O7/c1-17(2,3)26-16(22)18-9-14(20)8-13(18)10-25-15(21)11-4-6-12(7-5-11)19(23)24/h4-7,13-14,20H,8-10H2,1-3H3/t13-,14-/m0/s1. The number of ether oxygens (including phenoxy) is 2. The smallest absolute Gasteiger partial charge is 0.410 e. The minimum absolute atomic E-state index is 0.105. The third-order valence-corrected chi connectivity index (χ3v) is 3.74. The van der Waals surface area contributed by atoms with Crippen LogP contribution in [0.1, 0.15) is 37.6 Å². The Balaban J connectivity index is 1.96. The molecule has 0 aliphatic carbocycles. The summed E-state index contributed by atoms with van der Waals surface area (Å²) in [5.41, 5.74) is -0.639. The first-order valence-corrected chi connectivity index (χ1v) is 8.16. The van der Waals surface area contributed by atoms with Gasteiger partial charge in [-0.25, -0.2) is 9.59 Å². The van der Waals surface area contributed by atoms with Gasteiger partial charge in [0.05, 0.1) is 29.2 Å². The second-order valence-electron chi connectivity index (χ2n) is 7.08. The largest absolute Gasteiger partial charge is 0.460 e.